The van der Waals surface area contributed by atoms with Gasteiger partial charge in [0.2, 0.25) is 0 Å². The molecule has 2 heterocycles. The van der Waals surface area contributed by atoms with Crippen LogP contribution >= 0.6 is 0 Å². The summed E-state index contributed by atoms with van der Waals surface area (Å²) in [6.45, 7) is 0.814. The van der Waals surface area contributed by atoms with Gasteiger partial charge in [0, 0.05) is 17.8 Å². The summed E-state index contributed by atoms with van der Waals surface area (Å²) in [5.41, 5.74) is 7.70. The maximum atomic E-state index is 9.04. The number of hydrogen-bond acceptors (Lipinski definition) is 3. The van der Waals surface area contributed by atoms with Crippen molar-refractivity contribution in [3.63, 3.8) is 0 Å². The third-order valence-electron chi connectivity index (χ3n) is 4.68. The molecule has 0 aromatic heterocycles. The molecule has 0 aliphatic carbocycles. The number of rotatable bonds is 3. The molecular formula is C16H21N3. The van der Waals surface area contributed by atoms with Crippen LogP contribution in [0, 0.1) is 17.2 Å². The fourth-order valence-electron chi connectivity index (χ4n) is 3.92. The third-order valence-corrected chi connectivity index (χ3v) is 4.68. The Morgan fingerprint density at radius 3 is 2.63 bits per heavy atom. The number of nitriles is 1. The molecule has 0 radical (unpaired) electrons. The highest BCUT2D eigenvalue weighted by Crippen LogP contribution is 2.42. The van der Waals surface area contributed by atoms with Crippen LogP contribution in [0.3, 0.4) is 0 Å². The standard InChI is InChI=1S/C16H21N3/c17-7-6-12-8-15-4-5-16(9-12)19(15)14-3-1-2-13(10-14)11-18/h1-3,10,12,15-16H,4-9,17H2. The Balaban J connectivity index is 1.81. The van der Waals surface area contributed by atoms with E-state index >= 15 is 0 Å². The SMILES string of the molecule is N#Cc1cccc(N2C3CCC2CC(CCN)C3)c1. The topological polar surface area (TPSA) is 53.0 Å². The molecule has 3 heteroatoms. The summed E-state index contributed by atoms with van der Waals surface area (Å²) in [6.07, 6.45) is 6.29. The molecule has 2 aliphatic heterocycles. The van der Waals surface area contributed by atoms with Crippen molar-refractivity contribution in [2.75, 3.05) is 11.4 Å². The van der Waals surface area contributed by atoms with Gasteiger partial charge in [-0.15, -0.1) is 0 Å². The summed E-state index contributed by atoms with van der Waals surface area (Å²) in [5.74, 6) is 0.804. The molecule has 2 N–H and O–H groups in total. The number of benzene rings is 1. The summed E-state index contributed by atoms with van der Waals surface area (Å²) >= 11 is 0. The van der Waals surface area contributed by atoms with E-state index in [1.807, 2.05) is 18.2 Å². The normalized spacial score (nSPS) is 29.3. The van der Waals surface area contributed by atoms with Gasteiger partial charge in [-0.2, -0.15) is 5.26 Å². The fourth-order valence-corrected chi connectivity index (χ4v) is 3.92. The minimum absolute atomic E-state index is 0.657. The summed E-state index contributed by atoms with van der Waals surface area (Å²) in [6, 6.07) is 11.6. The van der Waals surface area contributed by atoms with Crippen LogP contribution in [0.5, 0.6) is 0 Å². The minimum atomic E-state index is 0.657. The number of anilines is 1. The van der Waals surface area contributed by atoms with E-state index in [0.29, 0.717) is 12.1 Å². The lowest BCUT2D eigenvalue weighted by Gasteiger charge is -2.40. The molecule has 3 rings (SSSR count). The number of hydrogen-bond donors (Lipinski definition) is 1. The van der Waals surface area contributed by atoms with Gasteiger partial charge < -0.3 is 10.6 Å². The van der Waals surface area contributed by atoms with Crippen LogP contribution in [0.25, 0.3) is 0 Å². The lowest BCUT2D eigenvalue weighted by atomic mass is 9.88. The largest absolute Gasteiger partial charge is 0.366 e. The van der Waals surface area contributed by atoms with E-state index in [-0.39, 0.29) is 0 Å². The Bertz CT molecular complexity index is 477. The lowest BCUT2D eigenvalue weighted by Crippen LogP contribution is -2.43. The van der Waals surface area contributed by atoms with Gasteiger partial charge in [-0.25, -0.2) is 0 Å². The fraction of sp³-hybridized carbons (Fsp3) is 0.562. The molecule has 2 bridgehead atoms. The van der Waals surface area contributed by atoms with E-state index in [2.05, 4.69) is 17.0 Å². The average molecular weight is 255 g/mol. The summed E-state index contributed by atoms with van der Waals surface area (Å²) in [4.78, 5) is 2.56. The molecule has 2 fully saturated rings. The van der Waals surface area contributed by atoms with Crippen molar-refractivity contribution < 1.29 is 0 Å². The molecule has 2 unspecified atom stereocenters. The van der Waals surface area contributed by atoms with Crippen LogP contribution in [-0.4, -0.2) is 18.6 Å². The first-order valence-corrected chi connectivity index (χ1v) is 7.30. The van der Waals surface area contributed by atoms with E-state index < -0.39 is 0 Å². The molecule has 100 valence electrons. The first-order valence-electron chi connectivity index (χ1n) is 7.30. The van der Waals surface area contributed by atoms with Crippen molar-refractivity contribution in [2.45, 2.75) is 44.2 Å². The van der Waals surface area contributed by atoms with Gasteiger partial charge in [0.05, 0.1) is 11.6 Å². The third kappa shape index (κ3) is 2.33. The molecule has 2 saturated heterocycles. The van der Waals surface area contributed by atoms with Crippen LogP contribution in [0.1, 0.15) is 37.7 Å². The predicted octanol–water partition coefficient (Wildman–Crippen LogP) is 2.65. The number of nitrogens with two attached hydrogens (primary N) is 1. The number of fused-ring (bicyclic) bond motifs is 2. The van der Waals surface area contributed by atoms with Gasteiger partial charge in [-0.05, 0) is 62.8 Å². The molecule has 0 spiro atoms. The highest BCUT2D eigenvalue weighted by Gasteiger charge is 2.40. The van der Waals surface area contributed by atoms with Gasteiger partial charge in [0.1, 0.15) is 0 Å². The molecule has 19 heavy (non-hydrogen) atoms. The van der Waals surface area contributed by atoms with Gasteiger partial charge in [-0.1, -0.05) is 6.07 Å². The zero-order chi connectivity index (χ0) is 13.2. The van der Waals surface area contributed by atoms with Crippen LogP contribution < -0.4 is 10.6 Å². The van der Waals surface area contributed by atoms with Crippen molar-refractivity contribution >= 4 is 5.69 Å². The first-order chi connectivity index (χ1) is 9.31. The lowest BCUT2D eigenvalue weighted by molar-refractivity contribution is 0.326. The Labute approximate surface area is 115 Å². The quantitative estimate of drug-likeness (QED) is 0.903. The van der Waals surface area contributed by atoms with Crippen LogP contribution in [0.4, 0.5) is 5.69 Å². The second-order valence-corrected chi connectivity index (χ2v) is 5.87. The molecule has 0 amide bonds. The number of nitrogens with zero attached hydrogens (tertiary/aromatic N) is 2. The van der Waals surface area contributed by atoms with Crippen molar-refractivity contribution in [3.8, 4) is 6.07 Å². The Morgan fingerprint density at radius 2 is 2.00 bits per heavy atom. The molecule has 0 saturated carbocycles. The molecule has 2 atom stereocenters. The molecular weight excluding hydrogens is 234 g/mol. The van der Waals surface area contributed by atoms with Crippen LogP contribution in [0.2, 0.25) is 0 Å². The van der Waals surface area contributed by atoms with Crippen molar-refractivity contribution in [2.24, 2.45) is 11.7 Å². The smallest absolute Gasteiger partial charge is 0.0992 e. The van der Waals surface area contributed by atoms with E-state index in [0.717, 1.165) is 18.0 Å². The van der Waals surface area contributed by atoms with E-state index in [4.69, 9.17) is 11.0 Å². The summed E-state index contributed by atoms with van der Waals surface area (Å²) in [5, 5.41) is 9.04. The van der Waals surface area contributed by atoms with Crippen LogP contribution in [0.15, 0.2) is 24.3 Å². The second kappa shape index (κ2) is 5.22. The zero-order valence-corrected chi connectivity index (χ0v) is 11.3. The van der Waals surface area contributed by atoms with Gasteiger partial charge in [-0.3, -0.25) is 0 Å². The highest BCUT2D eigenvalue weighted by molar-refractivity contribution is 5.54. The minimum Gasteiger partial charge on any atom is -0.366 e. The van der Waals surface area contributed by atoms with E-state index in [1.165, 1.54) is 37.8 Å². The van der Waals surface area contributed by atoms with E-state index in [9.17, 15) is 0 Å². The highest BCUT2D eigenvalue weighted by atomic mass is 15.2. The molecule has 3 nitrogen and oxygen atoms in total. The summed E-state index contributed by atoms with van der Waals surface area (Å²) < 4.78 is 0. The number of piperidine rings is 1. The molecule has 1 aromatic rings. The zero-order valence-electron chi connectivity index (χ0n) is 11.3. The van der Waals surface area contributed by atoms with Crippen molar-refractivity contribution in [1.29, 1.82) is 5.26 Å². The van der Waals surface area contributed by atoms with Gasteiger partial charge >= 0.3 is 0 Å². The molecule has 1 aromatic carbocycles. The Hall–Kier alpha value is -1.53. The monoisotopic (exact) mass is 255 g/mol. The Morgan fingerprint density at radius 1 is 1.26 bits per heavy atom. The predicted molar refractivity (Wildman–Crippen MR) is 76.8 cm³/mol. The van der Waals surface area contributed by atoms with Gasteiger partial charge in [0.25, 0.3) is 0 Å². The maximum absolute atomic E-state index is 9.04. The van der Waals surface area contributed by atoms with Crippen molar-refractivity contribution in [1.82, 2.24) is 0 Å². The maximum Gasteiger partial charge on any atom is 0.0992 e. The average Bonchev–Trinajstić information content (AvgIpc) is 2.71. The second-order valence-electron chi connectivity index (χ2n) is 5.87. The van der Waals surface area contributed by atoms with Crippen LogP contribution in [-0.2, 0) is 0 Å². The van der Waals surface area contributed by atoms with E-state index in [1.54, 1.807) is 0 Å². The summed E-state index contributed by atoms with van der Waals surface area (Å²) in [7, 11) is 0. The first kappa shape index (κ1) is 12.5. The Kier molecular flexibility index (Phi) is 3.44. The van der Waals surface area contributed by atoms with Crippen molar-refractivity contribution in [3.05, 3.63) is 29.8 Å². The molecule has 2 aliphatic rings. The van der Waals surface area contributed by atoms with Gasteiger partial charge in [0.15, 0.2) is 0 Å².